The minimum atomic E-state index is 0.114. The predicted molar refractivity (Wildman–Crippen MR) is 80.0 cm³/mol. The maximum Gasteiger partial charge on any atom is 0.226 e. The Morgan fingerprint density at radius 1 is 1.38 bits per heavy atom. The number of amides is 1. The number of aromatic nitrogens is 3. The van der Waals surface area contributed by atoms with E-state index in [1.165, 1.54) is 16.3 Å². The first-order valence-electron chi connectivity index (χ1n) is 7.43. The van der Waals surface area contributed by atoms with Crippen molar-refractivity contribution in [2.75, 3.05) is 6.54 Å². The highest BCUT2D eigenvalue weighted by molar-refractivity contribution is 7.09. The van der Waals surface area contributed by atoms with Crippen molar-refractivity contribution in [2.45, 2.75) is 39.3 Å². The molecule has 4 rings (SSSR count). The molecular formula is C15H18N4OS. The van der Waals surface area contributed by atoms with Gasteiger partial charge in [-0.2, -0.15) is 0 Å². The van der Waals surface area contributed by atoms with Crippen molar-refractivity contribution in [2.24, 2.45) is 5.92 Å². The number of nitrogens with zero attached hydrogens (tertiary/aromatic N) is 4. The van der Waals surface area contributed by atoms with Gasteiger partial charge in [-0.1, -0.05) is 0 Å². The van der Waals surface area contributed by atoms with Crippen LogP contribution in [0.25, 0.3) is 0 Å². The van der Waals surface area contributed by atoms with Gasteiger partial charge in [0.05, 0.1) is 17.7 Å². The summed E-state index contributed by atoms with van der Waals surface area (Å²) in [6.07, 6.45) is 4.57. The third-order valence-corrected chi connectivity index (χ3v) is 5.49. The van der Waals surface area contributed by atoms with Gasteiger partial charge < -0.3 is 9.47 Å². The van der Waals surface area contributed by atoms with Crippen LogP contribution in [0.1, 0.15) is 28.5 Å². The van der Waals surface area contributed by atoms with Crippen molar-refractivity contribution in [1.82, 2.24) is 19.4 Å². The highest BCUT2D eigenvalue weighted by atomic mass is 32.1. The van der Waals surface area contributed by atoms with E-state index in [1.807, 2.05) is 23.5 Å². The Balaban J connectivity index is 1.49. The minimum absolute atomic E-state index is 0.114. The Morgan fingerprint density at radius 2 is 2.29 bits per heavy atom. The molecule has 0 fully saturated rings. The molecule has 0 aliphatic carbocycles. The molecule has 21 heavy (non-hydrogen) atoms. The van der Waals surface area contributed by atoms with Gasteiger partial charge in [0.25, 0.3) is 0 Å². The SMILES string of the molecule is Cc1ncc2n1CCC(C(=O)N1CCc3ncsc3C1)C2. The van der Waals surface area contributed by atoms with E-state index >= 15 is 0 Å². The summed E-state index contributed by atoms with van der Waals surface area (Å²) in [5.74, 6) is 1.48. The maximum absolute atomic E-state index is 12.8. The maximum atomic E-state index is 12.8. The second-order valence-electron chi connectivity index (χ2n) is 5.87. The number of hydrogen-bond acceptors (Lipinski definition) is 4. The first-order valence-corrected chi connectivity index (χ1v) is 8.31. The fourth-order valence-corrected chi connectivity index (χ4v) is 4.23. The van der Waals surface area contributed by atoms with E-state index in [9.17, 15) is 4.79 Å². The zero-order valence-electron chi connectivity index (χ0n) is 12.1. The number of hydrogen-bond donors (Lipinski definition) is 0. The van der Waals surface area contributed by atoms with Gasteiger partial charge in [0.2, 0.25) is 5.91 Å². The number of thiazole rings is 1. The molecule has 0 N–H and O–H groups in total. The zero-order chi connectivity index (χ0) is 14.4. The van der Waals surface area contributed by atoms with E-state index in [1.54, 1.807) is 11.3 Å². The summed E-state index contributed by atoms with van der Waals surface area (Å²) in [6, 6.07) is 0. The van der Waals surface area contributed by atoms with Gasteiger partial charge in [0.1, 0.15) is 5.82 Å². The Hall–Kier alpha value is -1.69. The molecular weight excluding hydrogens is 284 g/mol. The second kappa shape index (κ2) is 4.94. The second-order valence-corrected chi connectivity index (χ2v) is 6.81. The Kier molecular flexibility index (Phi) is 3.06. The van der Waals surface area contributed by atoms with Crippen molar-refractivity contribution < 1.29 is 4.79 Å². The number of carbonyl (C=O) groups is 1. The lowest BCUT2D eigenvalue weighted by Crippen LogP contribution is -2.41. The average molecular weight is 302 g/mol. The van der Waals surface area contributed by atoms with Crippen molar-refractivity contribution in [1.29, 1.82) is 0 Å². The molecule has 1 amide bonds. The standard InChI is InChI=1S/C15H18N4OS/c1-10-16-7-12-6-11(2-5-19(10)12)15(20)18-4-3-13-14(8-18)21-9-17-13/h7,9,11H,2-6,8H2,1H3. The summed E-state index contributed by atoms with van der Waals surface area (Å²) in [4.78, 5) is 24.8. The van der Waals surface area contributed by atoms with Gasteiger partial charge in [0, 0.05) is 48.6 Å². The Labute approximate surface area is 127 Å². The summed E-state index contributed by atoms with van der Waals surface area (Å²) in [7, 11) is 0. The molecule has 1 unspecified atom stereocenters. The molecule has 0 radical (unpaired) electrons. The van der Waals surface area contributed by atoms with E-state index in [-0.39, 0.29) is 5.92 Å². The van der Waals surface area contributed by atoms with Crippen LogP contribution in [0.3, 0.4) is 0 Å². The van der Waals surface area contributed by atoms with Gasteiger partial charge in [-0.05, 0) is 13.3 Å². The van der Waals surface area contributed by atoms with Crippen LogP contribution < -0.4 is 0 Å². The van der Waals surface area contributed by atoms with E-state index < -0.39 is 0 Å². The van der Waals surface area contributed by atoms with Crippen LogP contribution in [0.2, 0.25) is 0 Å². The molecule has 1 atom stereocenters. The number of carbonyl (C=O) groups excluding carboxylic acids is 1. The summed E-state index contributed by atoms with van der Waals surface area (Å²) in [5, 5.41) is 0. The number of aryl methyl sites for hydroxylation is 1. The molecule has 0 saturated carbocycles. The van der Waals surface area contributed by atoms with E-state index in [2.05, 4.69) is 14.5 Å². The quantitative estimate of drug-likeness (QED) is 0.807. The first kappa shape index (κ1) is 13.0. The van der Waals surface area contributed by atoms with E-state index in [4.69, 9.17) is 0 Å². The van der Waals surface area contributed by atoms with Crippen LogP contribution in [-0.4, -0.2) is 31.9 Å². The minimum Gasteiger partial charge on any atom is -0.337 e. The predicted octanol–water partition coefficient (Wildman–Crippen LogP) is 1.80. The van der Waals surface area contributed by atoms with Gasteiger partial charge in [-0.15, -0.1) is 11.3 Å². The molecule has 0 spiro atoms. The van der Waals surface area contributed by atoms with Gasteiger partial charge in [-0.3, -0.25) is 4.79 Å². The van der Waals surface area contributed by atoms with Crippen molar-refractivity contribution in [3.05, 3.63) is 33.8 Å². The summed E-state index contributed by atoms with van der Waals surface area (Å²) in [6.45, 7) is 4.50. The summed E-state index contributed by atoms with van der Waals surface area (Å²) < 4.78 is 2.24. The molecule has 4 heterocycles. The van der Waals surface area contributed by atoms with Crippen molar-refractivity contribution in [3.63, 3.8) is 0 Å². The van der Waals surface area contributed by atoms with Crippen LogP contribution in [0.4, 0.5) is 0 Å². The first-order chi connectivity index (χ1) is 10.2. The van der Waals surface area contributed by atoms with Crippen molar-refractivity contribution >= 4 is 17.2 Å². The van der Waals surface area contributed by atoms with Gasteiger partial charge in [0.15, 0.2) is 0 Å². The largest absolute Gasteiger partial charge is 0.337 e. The molecule has 2 aliphatic rings. The third-order valence-electron chi connectivity index (χ3n) is 4.63. The molecule has 0 bridgehead atoms. The van der Waals surface area contributed by atoms with Crippen molar-refractivity contribution in [3.8, 4) is 0 Å². The van der Waals surface area contributed by atoms with E-state index in [0.717, 1.165) is 44.7 Å². The van der Waals surface area contributed by atoms with E-state index in [0.29, 0.717) is 5.91 Å². The normalized spacial score (nSPS) is 21.0. The van der Waals surface area contributed by atoms with Crippen LogP contribution in [0.15, 0.2) is 11.7 Å². The fourth-order valence-electron chi connectivity index (χ4n) is 3.40. The van der Waals surface area contributed by atoms with Crippen LogP contribution >= 0.6 is 11.3 Å². The zero-order valence-corrected chi connectivity index (χ0v) is 12.9. The van der Waals surface area contributed by atoms with Crippen LogP contribution in [0.5, 0.6) is 0 Å². The lowest BCUT2D eigenvalue weighted by atomic mass is 9.94. The smallest absolute Gasteiger partial charge is 0.226 e. The summed E-state index contributed by atoms with van der Waals surface area (Å²) >= 11 is 1.67. The highest BCUT2D eigenvalue weighted by Gasteiger charge is 2.31. The lowest BCUT2D eigenvalue weighted by molar-refractivity contribution is -0.137. The third kappa shape index (κ3) is 2.18. The molecule has 6 heteroatoms. The Bertz CT molecular complexity index is 690. The summed E-state index contributed by atoms with van der Waals surface area (Å²) in [5.41, 5.74) is 4.27. The van der Waals surface area contributed by atoms with Crippen LogP contribution in [-0.2, 0) is 30.7 Å². The average Bonchev–Trinajstić information content (AvgIpc) is 3.12. The molecule has 2 aliphatic heterocycles. The topological polar surface area (TPSA) is 51.0 Å². The molecule has 0 aromatic carbocycles. The van der Waals surface area contributed by atoms with Gasteiger partial charge in [-0.25, -0.2) is 9.97 Å². The fraction of sp³-hybridized carbons (Fsp3) is 0.533. The van der Waals surface area contributed by atoms with Crippen LogP contribution in [0, 0.1) is 12.8 Å². The molecule has 2 aromatic rings. The Morgan fingerprint density at radius 3 is 3.19 bits per heavy atom. The molecule has 2 aromatic heterocycles. The lowest BCUT2D eigenvalue weighted by Gasteiger charge is -2.32. The monoisotopic (exact) mass is 302 g/mol. The van der Waals surface area contributed by atoms with Gasteiger partial charge >= 0.3 is 0 Å². The molecule has 110 valence electrons. The number of rotatable bonds is 1. The number of imidazole rings is 1. The molecule has 0 saturated heterocycles. The molecule has 5 nitrogen and oxygen atoms in total. The number of fused-ring (bicyclic) bond motifs is 2. The highest BCUT2D eigenvalue weighted by Crippen LogP contribution is 2.27.